The van der Waals surface area contributed by atoms with E-state index in [1.54, 1.807) is 11.3 Å². The molecule has 2 aliphatic rings. The summed E-state index contributed by atoms with van der Waals surface area (Å²) in [5, 5.41) is 12.7. The van der Waals surface area contributed by atoms with Gasteiger partial charge < -0.3 is 10.4 Å². The molecule has 0 amide bonds. The summed E-state index contributed by atoms with van der Waals surface area (Å²) < 4.78 is 16.5. The summed E-state index contributed by atoms with van der Waals surface area (Å²) >= 11 is 1.60. The van der Waals surface area contributed by atoms with E-state index in [4.69, 9.17) is 0 Å². The Hall–Kier alpha value is -2.51. The lowest BCUT2D eigenvalue weighted by Crippen LogP contribution is -2.24. The van der Waals surface area contributed by atoms with Crippen molar-refractivity contribution in [1.29, 1.82) is 0 Å². The van der Waals surface area contributed by atoms with Crippen LogP contribution >= 0.6 is 11.3 Å². The van der Waals surface area contributed by atoms with Crippen LogP contribution in [-0.2, 0) is 13.1 Å². The molecule has 0 radical (unpaired) electrons. The van der Waals surface area contributed by atoms with Gasteiger partial charge in [0, 0.05) is 34.6 Å². The third kappa shape index (κ3) is 2.39. The van der Waals surface area contributed by atoms with Crippen molar-refractivity contribution in [2.75, 3.05) is 0 Å². The van der Waals surface area contributed by atoms with Gasteiger partial charge in [-0.2, -0.15) is 0 Å². The SMILES string of the molecule is Cc1c(-c2c(F)cn3c(=O)c(C(=O)O)cc(C4CC4)c3c2C)sc2c1CNC2. The van der Waals surface area contributed by atoms with Crippen molar-refractivity contribution in [3.05, 3.63) is 61.1 Å². The van der Waals surface area contributed by atoms with Gasteiger partial charge in [0.05, 0.1) is 5.52 Å². The van der Waals surface area contributed by atoms with E-state index < -0.39 is 17.3 Å². The predicted octanol–water partition coefficient (Wildman–Crippen LogP) is 3.96. The number of hydrogen-bond acceptors (Lipinski definition) is 4. The Labute approximate surface area is 164 Å². The van der Waals surface area contributed by atoms with Gasteiger partial charge >= 0.3 is 5.97 Å². The fourth-order valence-electron chi connectivity index (χ4n) is 4.31. The van der Waals surface area contributed by atoms with Crippen molar-refractivity contribution >= 4 is 22.8 Å². The molecule has 0 spiro atoms. The first kappa shape index (κ1) is 17.6. The number of thiophene rings is 1. The lowest BCUT2D eigenvalue weighted by Gasteiger charge is -2.16. The number of halogens is 1. The fraction of sp³-hybridized carbons (Fsp3) is 0.333. The number of nitrogens with one attached hydrogen (secondary N) is 1. The first-order valence-electron chi connectivity index (χ1n) is 9.32. The van der Waals surface area contributed by atoms with Crippen molar-refractivity contribution in [3.8, 4) is 10.4 Å². The molecule has 3 aromatic rings. The molecule has 0 unspecified atom stereocenters. The highest BCUT2D eigenvalue weighted by Gasteiger charge is 2.31. The highest BCUT2D eigenvalue weighted by Crippen LogP contribution is 2.46. The number of pyridine rings is 2. The van der Waals surface area contributed by atoms with Crippen LogP contribution in [0.15, 0.2) is 17.1 Å². The van der Waals surface area contributed by atoms with Crippen LogP contribution in [-0.4, -0.2) is 15.5 Å². The number of aromatic carboxylic acids is 1. The van der Waals surface area contributed by atoms with Crippen LogP contribution < -0.4 is 10.9 Å². The molecular weight excluding hydrogens is 379 g/mol. The zero-order valence-corrected chi connectivity index (χ0v) is 16.4. The number of fused-ring (bicyclic) bond motifs is 2. The molecule has 1 fully saturated rings. The van der Waals surface area contributed by atoms with Crippen LogP contribution in [0.5, 0.6) is 0 Å². The number of carbonyl (C=O) groups is 1. The van der Waals surface area contributed by atoms with Crippen molar-refractivity contribution in [3.63, 3.8) is 0 Å². The Morgan fingerprint density at radius 1 is 1.29 bits per heavy atom. The zero-order valence-electron chi connectivity index (χ0n) is 15.6. The average molecular weight is 398 g/mol. The van der Waals surface area contributed by atoms with Crippen LogP contribution in [0, 0.1) is 19.7 Å². The van der Waals surface area contributed by atoms with Gasteiger partial charge in [0.1, 0.15) is 11.4 Å². The Morgan fingerprint density at radius 3 is 2.68 bits per heavy atom. The number of rotatable bonds is 3. The molecule has 28 heavy (non-hydrogen) atoms. The predicted molar refractivity (Wildman–Crippen MR) is 106 cm³/mol. The maximum atomic E-state index is 15.3. The molecule has 7 heteroatoms. The molecule has 3 aromatic heterocycles. The normalized spacial score (nSPS) is 16.0. The third-order valence-corrected chi connectivity index (χ3v) is 7.24. The minimum atomic E-state index is -1.28. The standard InChI is InChI=1S/C21H19FN2O3S/c1-9-14-6-23-7-16(14)28-19(9)17-10(2)18-12(11-3-4-11)5-13(21(26)27)20(25)24(18)8-15(17)22/h5,8,11,23H,3-4,6-7H2,1-2H3,(H,26,27). The number of aryl methyl sites for hydroxylation is 1. The summed E-state index contributed by atoms with van der Waals surface area (Å²) in [6.07, 6.45) is 3.08. The molecule has 5 rings (SSSR count). The molecule has 2 N–H and O–H groups in total. The van der Waals surface area contributed by atoms with Crippen LogP contribution in [0.4, 0.5) is 4.39 Å². The van der Waals surface area contributed by atoms with E-state index in [0.717, 1.165) is 41.9 Å². The summed E-state index contributed by atoms with van der Waals surface area (Å²) in [7, 11) is 0. The van der Waals surface area contributed by atoms with Crippen LogP contribution in [0.2, 0.25) is 0 Å². The van der Waals surface area contributed by atoms with Crippen LogP contribution in [0.3, 0.4) is 0 Å². The maximum Gasteiger partial charge on any atom is 0.341 e. The summed E-state index contributed by atoms with van der Waals surface area (Å²) in [6, 6.07) is 1.50. The molecule has 1 aliphatic carbocycles. The molecule has 0 atom stereocenters. The van der Waals surface area contributed by atoms with Gasteiger partial charge in [-0.25, -0.2) is 9.18 Å². The second kappa shape index (κ2) is 5.99. The van der Waals surface area contributed by atoms with E-state index in [0.29, 0.717) is 16.6 Å². The zero-order chi connectivity index (χ0) is 19.7. The monoisotopic (exact) mass is 398 g/mol. The maximum absolute atomic E-state index is 15.3. The molecule has 1 aliphatic heterocycles. The average Bonchev–Trinajstić information content (AvgIpc) is 3.31. The minimum absolute atomic E-state index is 0.226. The van der Waals surface area contributed by atoms with Gasteiger partial charge in [-0.15, -0.1) is 11.3 Å². The van der Waals surface area contributed by atoms with Gasteiger partial charge in [-0.05, 0) is 60.9 Å². The molecule has 144 valence electrons. The summed E-state index contributed by atoms with van der Waals surface area (Å²) in [5.74, 6) is -1.54. The van der Waals surface area contributed by atoms with Crippen molar-refractivity contribution < 1.29 is 14.3 Å². The number of carboxylic acid groups (broad SMARTS) is 1. The van der Waals surface area contributed by atoms with E-state index >= 15 is 4.39 Å². The second-order valence-corrected chi connectivity index (χ2v) is 8.76. The van der Waals surface area contributed by atoms with Crippen LogP contribution in [0.25, 0.3) is 16.0 Å². The topological polar surface area (TPSA) is 70.8 Å². The largest absolute Gasteiger partial charge is 0.477 e. The molecule has 5 nitrogen and oxygen atoms in total. The fourth-order valence-corrected chi connectivity index (χ4v) is 5.71. The number of aromatic nitrogens is 1. The Bertz CT molecular complexity index is 1240. The first-order chi connectivity index (χ1) is 13.4. The van der Waals surface area contributed by atoms with E-state index in [2.05, 4.69) is 5.32 Å². The third-order valence-electron chi connectivity index (χ3n) is 5.89. The first-order valence-corrected chi connectivity index (χ1v) is 10.1. The van der Waals surface area contributed by atoms with Gasteiger partial charge in [-0.1, -0.05) is 0 Å². The van der Waals surface area contributed by atoms with Gasteiger partial charge in [0.2, 0.25) is 0 Å². The van der Waals surface area contributed by atoms with Gasteiger partial charge in [0.15, 0.2) is 0 Å². The van der Waals surface area contributed by atoms with E-state index in [1.807, 2.05) is 13.8 Å². The Balaban J connectivity index is 1.86. The van der Waals surface area contributed by atoms with Gasteiger partial charge in [0.25, 0.3) is 5.56 Å². The molecular formula is C21H19FN2O3S. The van der Waals surface area contributed by atoms with E-state index in [9.17, 15) is 14.7 Å². The van der Waals surface area contributed by atoms with Gasteiger partial charge in [-0.3, -0.25) is 9.20 Å². The van der Waals surface area contributed by atoms with Crippen molar-refractivity contribution in [2.45, 2.75) is 45.7 Å². The Kier molecular flexibility index (Phi) is 3.76. The minimum Gasteiger partial charge on any atom is -0.477 e. The number of hydrogen-bond donors (Lipinski definition) is 2. The molecule has 4 heterocycles. The Morgan fingerprint density at radius 2 is 2.04 bits per heavy atom. The second-order valence-electron chi connectivity index (χ2n) is 7.66. The van der Waals surface area contributed by atoms with Crippen molar-refractivity contribution in [2.24, 2.45) is 0 Å². The van der Waals surface area contributed by atoms with E-state index in [1.165, 1.54) is 27.1 Å². The highest BCUT2D eigenvalue weighted by molar-refractivity contribution is 7.16. The quantitative estimate of drug-likeness (QED) is 0.701. The molecule has 0 saturated heterocycles. The molecule has 0 bridgehead atoms. The summed E-state index contributed by atoms with van der Waals surface area (Å²) in [4.78, 5) is 26.4. The summed E-state index contributed by atoms with van der Waals surface area (Å²) in [5.41, 5.74) is 4.04. The van der Waals surface area contributed by atoms with Crippen LogP contribution in [0.1, 0.15) is 56.2 Å². The lowest BCUT2D eigenvalue weighted by atomic mass is 9.97. The molecule has 1 saturated carbocycles. The summed E-state index contributed by atoms with van der Waals surface area (Å²) in [6.45, 7) is 5.44. The van der Waals surface area contributed by atoms with Crippen molar-refractivity contribution in [1.82, 2.24) is 9.72 Å². The smallest absolute Gasteiger partial charge is 0.341 e. The molecule has 0 aromatic carbocycles. The highest BCUT2D eigenvalue weighted by atomic mass is 32.1. The van der Waals surface area contributed by atoms with E-state index in [-0.39, 0.29) is 11.5 Å². The number of nitrogens with zero attached hydrogens (tertiary/aromatic N) is 1. The number of carboxylic acids is 1. The lowest BCUT2D eigenvalue weighted by molar-refractivity contribution is 0.0694.